The molecule has 2 N–H and O–H groups in total. The Hall–Kier alpha value is -11.4. The van der Waals surface area contributed by atoms with Crippen LogP contribution in [0, 0.1) is 6.92 Å². The van der Waals surface area contributed by atoms with Crippen LogP contribution in [-0.4, -0.2) is 203 Å². The third-order valence-corrected chi connectivity index (χ3v) is 21.1. The third kappa shape index (κ3) is 37.1. The fourth-order valence-corrected chi connectivity index (χ4v) is 13.7. The van der Waals surface area contributed by atoms with Gasteiger partial charge in [0.05, 0.1) is 120 Å². The Morgan fingerprint density at radius 2 is 0.690 bits per heavy atom. The Bertz CT molecular complexity index is 5500. The summed E-state index contributed by atoms with van der Waals surface area (Å²) in [5.74, 6) is 6.22. The van der Waals surface area contributed by atoms with E-state index in [1.165, 1.54) is 12.8 Å². The standard InChI is InChI=1S/C19H23NO6.C17H20ClNO4.C17H21NO5.C14H14BrNO4.C14H15NO5.C14H15NO4.C5H8O.Al.BHNS.Li.4H/c1-3-23-19(21)17-15(12-25-16-6-4-5-11-24-16)20-18(26-17)13-7-9-14(22-2)10-8-13;1-20-13-7-5-12(6-8-13)17-19-14(15(10-18)23-17)11-22-16-4-2-3-9-21-16;1-20-13-7-5-12(6-8-13)17-18-14(15(10-19)23-17)11-22-16-4-2-3-9-21-16;1-3-19-14(17)12-11(8-15)16-13(20-12)9-4-6-10(18-2)7-5-9;1-3-19-14(17)12-11(8-16)15-13(20-12)9-4-6-10(18-2)7-5-9;1-4-18-14(16)12-9(2)15-13(19-12)10-5-7-11(17-3)8-6-10;1-2-4-6-5-3-1;;1-2-3;;;;;/h7-10,16H,3-6,11-12H2,1-2H3;5-8,16H,2-4,9-11H2,1H3;5-8,16,19H,2-4,9-11H2,1H3;4-7H,3,8H2,1-2H3;4-7,16H,3,8H2,1-2H3;5-8H,4H2,1-3H3;2,4H,1,3,5H2;;3H;;;;;/q;;;;;;;;;+1;;;;-1. The van der Waals surface area contributed by atoms with Crippen LogP contribution in [-0.2, 0) is 96.3 Å². The monoisotopic (exact) mass is 2070 g/mol. The number of nitrogens with zero attached hydrogens (tertiary/aromatic N) is 7. The van der Waals surface area contributed by atoms with Gasteiger partial charge in [-0.25, -0.2) is 49.1 Å². The predicted octanol–water partition coefficient (Wildman–Crippen LogP) is 16.3. The van der Waals surface area contributed by atoms with Crippen molar-refractivity contribution in [2.24, 2.45) is 4.30 Å². The van der Waals surface area contributed by atoms with E-state index >= 15 is 0 Å². The summed E-state index contributed by atoms with van der Waals surface area (Å²) >= 11 is 12.4. The number of carbonyl (C=O) groups is 4. The fourth-order valence-electron chi connectivity index (χ4n) is 13.1. The zero-order valence-corrected chi connectivity index (χ0v) is 84.2. The first-order valence-corrected chi connectivity index (χ1v) is 47.1. The summed E-state index contributed by atoms with van der Waals surface area (Å²) in [5, 5.41) is 19.1. The van der Waals surface area contributed by atoms with Crippen molar-refractivity contribution in [3.05, 3.63) is 227 Å². The zero-order chi connectivity index (χ0) is 100. The number of carbonyl (C=O) groups excluding carboxylic acids is 4. The van der Waals surface area contributed by atoms with Crippen LogP contribution in [0.2, 0.25) is 0 Å². The number of allylic oxidation sites excluding steroid dienone is 1. The van der Waals surface area contributed by atoms with Gasteiger partial charge in [-0.15, -0.1) is 11.6 Å². The van der Waals surface area contributed by atoms with Crippen molar-refractivity contribution in [2.45, 2.75) is 168 Å². The number of alkyl halides is 2. The summed E-state index contributed by atoms with van der Waals surface area (Å²) in [6, 6.07) is 43.7. The number of methoxy groups -OCH3 is 6. The Balaban J connectivity index is 0.000000257. The number of halogens is 2. The number of esters is 4. The molecule has 0 amide bonds. The van der Waals surface area contributed by atoms with Gasteiger partial charge in [0.1, 0.15) is 75.3 Å². The largest absolute Gasteiger partial charge is 1.00 e. The molecule has 12 aromatic rings. The molecule has 0 aliphatic carbocycles. The Morgan fingerprint density at radius 1 is 0.408 bits per heavy atom. The Labute approximate surface area is 868 Å². The van der Waals surface area contributed by atoms with Crippen LogP contribution < -0.4 is 47.3 Å². The Morgan fingerprint density at radius 3 is 0.965 bits per heavy atom. The zero-order valence-electron chi connectivity index (χ0n) is 82.0. The van der Waals surface area contributed by atoms with Crippen LogP contribution in [0.5, 0.6) is 34.5 Å². The molecule has 0 bridgehead atoms. The molecule has 3 unspecified atom stereocenters. The van der Waals surface area contributed by atoms with Crippen LogP contribution in [0.3, 0.4) is 0 Å². The van der Waals surface area contributed by atoms with Crippen LogP contribution in [0.15, 0.2) is 189 Å². The number of aliphatic hydroxyl groups is 2. The van der Waals surface area contributed by atoms with Crippen LogP contribution in [0.4, 0.5) is 0 Å². The van der Waals surface area contributed by atoms with Gasteiger partial charge in [0, 0.05) is 58.5 Å². The minimum absolute atomic E-state index is 0. The summed E-state index contributed by atoms with van der Waals surface area (Å²) in [5.41, 5.74) is 7.58. The topological polar surface area (TPSA) is 434 Å². The molecule has 4 aliphatic heterocycles. The molecule has 4 aliphatic rings. The van der Waals surface area contributed by atoms with E-state index in [1.54, 1.807) is 144 Å². The number of rotatable bonds is 33. The number of ether oxygens (including phenoxy) is 17. The van der Waals surface area contributed by atoms with E-state index in [4.69, 9.17) is 119 Å². The van der Waals surface area contributed by atoms with Crippen molar-refractivity contribution in [1.82, 2.24) is 29.9 Å². The molecule has 3 fully saturated rings. The summed E-state index contributed by atoms with van der Waals surface area (Å²) in [6.07, 6.45) is 14.7. The van der Waals surface area contributed by atoms with Crippen molar-refractivity contribution < 1.29 is 157 Å². The van der Waals surface area contributed by atoms with Crippen molar-refractivity contribution in [3.63, 3.8) is 0 Å². The van der Waals surface area contributed by atoms with E-state index in [-0.39, 0.29) is 130 Å². The van der Waals surface area contributed by atoms with E-state index in [1.807, 2.05) is 91.0 Å². The summed E-state index contributed by atoms with van der Waals surface area (Å²) in [4.78, 5) is 73.3. The smallest absolute Gasteiger partial charge is 1.00 e. The van der Waals surface area contributed by atoms with Gasteiger partial charge >= 0.3 is 67.5 Å². The van der Waals surface area contributed by atoms with Gasteiger partial charge in [-0.1, -0.05) is 15.9 Å². The van der Waals surface area contributed by atoms with Crippen LogP contribution >= 0.6 is 40.3 Å². The maximum Gasteiger partial charge on any atom is 1.00 e. The first-order valence-electron chi connectivity index (χ1n) is 45.1. The second kappa shape index (κ2) is 65.0. The number of thiol groups is 1. The predicted molar refractivity (Wildman–Crippen MR) is 531 cm³/mol. The molecule has 16 rings (SSSR count). The van der Waals surface area contributed by atoms with Gasteiger partial charge in [-0.3, -0.25) is 0 Å². The summed E-state index contributed by atoms with van der Waals surface area (Å²) in [6.45, 7) is 12.9. The number of oxazole rings is 6. The molecule has 6 aromatic heterocycles. The SMILES string of the molecule is C1=COCCC1.CCOC(=O)c1oc(-c2ccc(OC)cc2)nc1C.CCOC(=O)c1oc(-c2ccc(OC)cc2)nc1CBr.CCOC(=O)c1oc(-c2ccc(OC)cc2)nc1CO.CCOC(=O)c1oc(-c2ccc(OC)cc2)nc1COC1CCCCO1.COc1ccc(-c2nc(COC3CCCCO3)c(CCl)o2)cc1.COc1ccc(-c2nc(COC3CCCCO3)c(CO)o2)cc1.[AlH3].[B]=NS.[H-].[Li+]. The molecule has 0 spiro atoms. The number of aliphatic hydroxyl groups excluding tert-OH is 2. The maximum absolute atomic E-state index is 12.2. The van der Waals surface area contributed by atoms with Gasteiger partial charge in [0.25, 0.3) is 0 Å². The number of benzene rings is 6. The minimum atomic E-state index is -0.635. The van der Waals surface area contributed by atoms with Gasteiger partial charge < -0.3 is 119 Å². The molecule has 1 radical (unpaired) electrons. The maximum atomic E-state index is 12.2. The van der Waals surface area contributed by atoms with Crippen molar-refractivity contribution >= 4 is 89.2 Å². The van der Waals surface area contributed by atoms with E-state index < -0.39 is 30.5 Å². The molecule has 142 heavy (non-hydrogen) atoms. The molecule has 10 heterocycles. The van der Waals surface area contributed by atoms with Crippen molar-refractivity contribution in [1.29, 1.82) is 0 Å². The minimum Gasteiger partial charge on any atom is -1.00 e. The third-order valence-electron chi connectivity index (χ3n) is 20.3. The van der Waals surface area contributed by atoms with E-state index in [9.17, 15) is 29.4 Å². The molecular weight excluding hydrogens is 1960 g/mol. The number of aryl methyl sites for hydroxylation is 1. The molecule has 757 valence electrons. The number of hydrogen-bond acceptors (Lipinski definition) is 37. The van der Waals surface area contributed by atoms with Gasteiger partial charge in [0.15, 0.2) is 42.0 Å². The van der Waals surface area contributed by atoms with Gasteiger partial charge in [0.2, 0.25) is 58.4 Å². The number of hydrogen-bond donors (Lipinski definition) is 3. The van der Waals surface area contributed by atoms with Gasteiger partial charge in [-0.05, 0) is 257 Å². The normalized spacial score (nSPS) is 14.2. The first kappa shape index (κ1) is 118. The number of aromatic nitrogens is 6. The van der Waals surface area contributed by atoms with Gasteiger partial charge in [-0.2, -0.15) is 0 Å². The fraction of sp³-hybridized carbons (Fsp3) is 0.400. The molecule has 42 heteroatoms. The van der Waals surface area contributed by atoms with Crippen molar-refractivity contribution in [3.8, 4) is 103 Å². The molecule has 3 atom stereocenters. The summed E-state index contributed by atoms with van der Waals surface area (Å²) in [7, 11) is 14.0. The second-order valence-electron chi connectivity index (χ2n) is 29.8. The average molecular weight is 2080 g/mol. The average Bonchev–Trinajstić information content (AvgIpc) is 1.68. The molecule has 36 nitrogen and oxygen atoms in total. The molecular formula is C100H121AlBBrClLiN7O29S. The summed E-state index contributed by atoms with van der Waals surface area (Å²) < 4.78 is 125. The molecule has 3 saturated heterocycles. The second-order valence-corrected chi connectivity index (χ2v) is 30.8. The van der Waals surface area contributed by atoms with Crippen molar-refractivity contribution in [2.75, 3.05) is 95.5 Å². The van der Waals surface area contributed by atoms with E-state index in [0.29, 0.717) is 107 Å². The van der Waals surface area contributed by atoms with E-state index in [0.717, 1.165) is 140 Å². The van der Waals surface area contributed by atoms with Crippen LogP contribution in [0.25, 0.3) is 68.7 Å². The molecule has 6 aromatic carbocycles. The first-order chi connectivity index (χ1) is 68.2. The van der Waals surface area contributed by atoms with Crippen LogP contribution in [0.1, 0.15) is 188 Å². The Kier molecular flexibility index (Phi) is 53.8. The quantitative estimate of drug-likeness (QED) is 0.0113. The van der Waals surface area contributed by atoms with E-state index in [2.05, 4.69) is 70.6 Å². The molecule has 0 saturated carbocycles.